The molecule has 0 radical (unpaired) electrons. The van der Waals surface area contributed by atoms with Crippen LogP contribution in [-0.4, -0.2) is 28.2 Å². The molecular formula is C24H31N3O3. The summed E-state index contributed by atoms with van der Waals surface area (Å²) >= 11 is 0. The normalized spacial score (nSPS) is 18.7. The third-order valence-corrected chi connectivity index (χ3v) is 6.21. The minimum Gasteiger partial charge on any atom is -0.346 e. The number of hydrogen-bond acceptors (Lipinski definition) is 3. The Balaban J connectivity index is 1.80. The first-order valence-electron chi connectivity index (χ1n) is 10.6. The Labute approximate surface area is 178 Å². The summed E-state index contributed by atoms with van der Waals surface area (Å²) < 4.78 is 1.64. The van der Waals surface area contributed by atoms with Crippen molar-refractivity contribution in [1.29, 1.82) is 0 Å². The average Bonchev–Trinajstić information content (AvgIpc) is 2.91. The summed E-state index contributed by atoms with van der Waals surface area (Å²) in [6.45, 7) is 7.68. The average molecular weight is 410 g/mol. The zero-order valence-electron chi connectivity index (χ0n) is 18.5. The first-order valence-corrected chi connectivity index (χ1v) is 10.6. The van der Waals surface area contributed by atoms with Crippen LogP contribution in [0.2, 0.25) is 0 Å². The van der Waals surface area contributed by atoms with Crippen LogP contribution in [0.3, 0.4) is 0 Å². The molecule has 0 saturated heterocycles. The molecule has 1 fully saturated rings. The first-order chi connectivity index (χ1) is 14.2. The van der Waals surface area contributed by atoms with Crippen molar-refractivity contribution in [2.45, 2.75) is 59.4 Å². The van der Waals surface area contributed by atoms with E-state index in [4.69, 9.17) is 0 Å². The van der Waals surface area contributed by atoms with Gasteiger partial charge >= 0.3 is 0 Å². The number of aromatic nitrogens is 1. The zero-order chi connectivity index (χ0) is 22.0. The fourth-order valence-corrected chi connectivity index (χ4v) is 4.31. The molecule has 2 aromatic rings. The molecular weight excluding hydrogens is 378 g/mol. The van der Waals surface area contributed by atoms with Crippen molar-refractivity contribution in [3.05, 3.63) is 52.3 Å². The van der Waals surface area contributed by atoms with Crippen LogP contribution in [0, 0.1) is 26.7 Å². The molecule has 2 amide bonds. The summed E-state index contributed by atoms with van der Waals surface area (Å²) in [4.78, 5) is 38.5. The quantitative estimate of drug-likeness (QED) is 0.577. The third kappa shape index (κ3) is 4.48. The molecule has 3 rings (SSSR count). The van der Waals surface area contributed by atoms with Gasteiger partial charge in [-0.2, -0.15) is 0 Å². The summed E-state index contributed by atoms with van der Waals surface area (Å²) in [6.07, 6.45) is 3.92. The highest BCUT2D eigenvalue weighted by Gasteiger charge is 2.30. The number of ketones is 1. The molecule has 2 N–H and O–H groups in total. The highest BCUT2D eigenvalue weighted by atomic mass is 16.2. The molecule has 1 aliphatic rings. The van der Waals surface area contributed by atoms with E-state index in [1.54, 1.807) is 25.5 Å². The van der Waals surface area contributed by atoms with Crippen LogP contribution < -0.4 is 10.6 Å². The van der Waals surface area contributed by atoms with Crippen molar-refractivity contribution in [3.8, 4) is 0 Å². The van der Waals surface area contributed by atoms with Crippen LogP contribution in [0.1, 0.15) is 70.3 Å². The number of amides is 2. The van der Waals surface area contributed by atoms with Gasteiger partial charge in [-0.05, 0) is 75.6 Å². The van der Waals surface area contributed by atoms with Crippen molar-refractivity contribution in [2.24, 2.45) is 13.0 Å². The number of benzene rings is 1. The van der Waals surface area contributed by atoms with Gasteiger partial charge in [0.2, 0.25) is 0 Å². The minimum absolute atomic E-state index is 0.0448. The van der Waals surface area contributed by atoms with Crippen molar-refractivity contribution in [3.63, 3.8) is 0 Å². The molecule has 6 heteroatoms. The van der Waals surface area contributed by atoms with Gasteiger partial charge in [-0.3, -0.25) is 14.4 Å². The van der Waals surface area contributed by atoms with E-state index in [2.05, 4.69) is 17.6 Å². The number of aryl methyl sites for hydroxylation is 1. The number of carbonyl (C=O) groups is 3. The van der Waals surface area contributed by atoms with Gasteiger partial charge in [0.25, 0.3) is 17.6 Å². The molecule has 0 atom stereocenters. The maximum atomic E-state index is 13.0. The lowest BCUT2D eigenvalue weighted by Crippen LogP contribution is -2.41. The number of rotatable bonds is 5. The molecule has 30 heavy (non-hydrogen) atoms. The highest BCUT2D eigenvalue weighted by molar-refractivity contribution is 6.43. The molecule has 1 aliphatic carbocycles. The maximum absolute atomic E-state index is 13.0. The second kappa shape index (κ2) is 8.86. The van der Waals surface area contributed by atoms with Crippen LogP contribution in [0.4, 0.5) is 5.69 Å². The van der Waals surface area contributed by atoms with Crippen molar-refractivity contribution < 1.29 is 14.4 Å². The molecule has 6 nitrogen and oxygen atoms in total. The lowest BCUT2D eigenvalue weighted by atomic mass is 9.87. The van der Waals surface area contributed by atoms with Crippen molar-refractivity contribution >= 4 is 23.3 Å². The second-order valence-electron chi connectivity index (χ2n) is 8.58. The molecule has 160 valence electrons. The van der Waals surface area contributed by atoms with Gasteiger partial charge in [0.1, 0.15) is 0 Å². The summed E-state index contributed by atoms with van der Waals surface area (Å²) in [5.74, 6) is -0.803. The molecule has 1 aromatic carbocycles. The van der Waals surface area contributed by atoms with Crippen molar-refractivity contribution in [1.82, 2.24) is 9.88 Å². The highest BCUT2D eigenvalue weighted by Crippen LogP contribution is 2.25. The fourth-order valence-electron chi connectivity index (χ4n) is 4.31. The van der Waals surface area contributed by atoms with E-state index in [0.717, 1.165) is 31.2 Å². The van der Waals surface area contributed by atoms with Gasteiger partial charge in [0.15, 0.2) is 0 Å². The Kier molecular flexibility index (Phi) is 6.44. The smallest absolute Gasteiger partial charge is 0.294 e. The Morgan fingerprint density at radius 2 is 1.70 bits per heavy atom. The molecule has 0 unspecified atom stereocenters. The van der Waals surface area contributed by atoms with Crippen LogP contribution >= 0.6 is 0 Å². The zero-order valence-corrected chi connectivity index (χ0v) is 18.5. The van der Waals surface area contributed by atoms with Crippen LogP contribution in [0.25, 0.3) is 0 Å². The Bertz CT molecular complexity index is 982. The lowest BCUT2D eigenvalue weighted by Gasteiger charge is -2.26. The number of carbonyl (C=O) groups excluding carboxylic acids is 3. The van der Waals surface area contributed by atoms with Gasteiger partial charge in [0.05, 0.1) is 11.3 Å². The standard InChI is InChI=1S/C24H31N3O3/c1-14-9-11-18(12-10-14)25-24(30)22(28)21-16(3)20(17(4)27(21)5)23(29)26-19-8-6-7-15(2)13-19/h6-8,13-14,18H,9-12H2,1-5H3,(H,25,30)(H,26,29). The number of hydrogen-bond donors (Lipinski definition) is 2. The summed E-state index contributed by atoms with van der Waals surface area (Å²) in [6, 6.07) is 7.58. The Hall–Kier alpha value is -2.89. The second-order valence-corrected chi connectivity index (χ2v) is 8.58. The first kappa shape index (κ1) is 21.8. The predicted molar refractivity (Wildman–Crippen MR) is 118 cm³/mol. The summed E-state index contributed by atoms with van der Waals surface area (Å²) in [5, 5.41) is 5.79. The Morgan fingerprint density at radius 1 is 1.03 bits per heavy atom. The summed E-state index contributed by atoms with van der Waals surface area (Å²) in [7, 11) is 1.72. The number of anilines is 1. The Morgan fingerprint density at radius 3 is 2.33 bits per heavy atom. The van der Waals surface area contributed by atoms with Crippen LogP contribution in [0.5, 0.6) is 0 Å². The van der Waals surface area contributed by atoms with Gasteiger partial charge in [-0.15, -0.1) is 0 Å². The molecule has 1 saturated carbocycles. The maximum Gasteiger partial charge on any atom is 0.294 e. The molecule has 1 heterocycles. The van der Waals surface area contributed by atoms with Gasteiger partial charge < -0.3 is 15.2 Å². The molecule has 0 spiro atoms. The predicted octanol–water partition coefficient (Wildman–Crippen LogP) is 4.08. The number of Topliss-reactive ketones (excluding diaryl/α,β-unsaturated/α-hetero) is 1. The fraction of sp³-hybridized carbons (Fsp3) is 0.458. The monoisotopic (exact) mass is 409 g/mol. The van der Waals surface area contributed by atoms with E-state index >= 15 is 0 Å². The molecule has 0 aliphatic heterocycles. The van der Waals surface area contributed by atoms with E-state index < -0.39 is 11.7 Å². The summed E-state index contributed by atoms with van der Waals surface area (Å²) in [5.41, 5.74) is 3.61. The third-order valence-electron chi connectivity index (χ3n) is 6.21. The van der Waals surface area contributed by atoms with Crippen LogP contribution in [-0.2, 0) is 11.8 Å². The van der Waals surface area contributed by atoms with Gasteiger partial charge in [-0.1, -0.05) is 19.1 Å². The van der Waals surface area contributed by atoms with Gasteiger partial charge in [0, 0.05) is 24.5 Å². The van der Waals surface area contributed by atoms with Crippen molar-refractivity contribution in [2.75, 3.05) is 5.32 Å². The SMILES string of the molecule is Cc1cccc(NC(=O)c2c(C)c(C(=O)C(=O)NC3CCC(C)CC3)n(C)c2C)c1. The van der Waals surface area contributed by atoms with E-state index in [9.17, 15) is 14.4 Å². The minimum atomic E-state index is -0.594. The van der Waals surface area contributed by atoms with E-state index in [0.29, 0.717) is 28.4 Å². The number of nitrogens with zero attached hydrogens (tertiary/aromatic N) is 1. The van der Waals surface area contributed by atoms with E-state index in [1.807, 2.05) is 31.2 Å². The van der Waals surface area contributed by atoms with Crippen LogP contribution in [0.15, 0.2) is 24.3 Å². The number of nitrogens with one attached hydrogen (secondary N) is 2. The molecule has 1 aromatic heterocycles. The van der Waals surface area contributed by atoms with Gasteiger partial charge in [-0.25, -0.2) is 0 Å². The molecule has 0 bridgehead atoms. The largest absolute Gasteiger partial charge is 0.346 e. The lowest BCUT2D eigenvalue weighted by molar-refractivity contribution is -0.118. The topological polar surface area (TPSA) is 80.2 Å². The van der Waals surface area contributed by atoms with E-state index in [-0.39, 0.29) is 17.6 Å². The van der Waals surface area contributed by atoms with E-state index in [1.165, 1.54) is 0 Å².